The number of nitrogens with one attached hydrogen (secondary N) is 2. The van der Waals surface area contributed by atoms with Gasteiger partial charge in [0.2, 0.25) is 5.91 Å². The number of rotatable bonds is 6. The van der Waals surface area contributed by atoms with Gasteiger partial charge in [0.1, 0.15) is 6.04 Å². The van der Waals surface area contributed by atoms with E-state index in [1.165, 1.54) is 0 Å². The molecule has 0 aromatic heterocycles. The van der Waals surface area contributed by atoms with Crippen LogP contribution < -0.4 is 16.4 Å². The summed E-state index contributed by atoms with van der Waals surface area (Å²) < 4.78 is 5.38. The van der Waals surface area contributed by atoms with Crippen molar-refractivity contribution in [1.82, 2.24) is 10.6 Å². The van der Waals surface area contributed by atoms with Gasteiger partial charge in [0.25, 0.3) is 0 Å². The van der Waals surface area contributed by atoms with Crippen LogP contribution in [0.25, 0.3) is 0 Å². The van der Waals surface area contributed by atoms with Crippen molar-refractivity contribution in [2.75, 3.05) is 6.61 Å². The highest BCUT2D eigenvalue weighted by Gasteiger charge is 2.38. The number of nitrogens with two attached hydrogens (primary N) is 1. The van der Waals surface area contributed by atoms with E-state index in [0.717, 1.165) is 0 Å². The molecule has 1 aliphatic heterocycles. The molecule has 1 aliphatic rings. The Balaban J connectivity index is 2.53. The Morgan fingerprint density at radius 1 is 1.50 bits per heavy atom. The van der Waals surface area contributed by atoms with Crippen LogP contribution in [0.4, 0.5) is 4.79 Å². The van der Waals surface area contributed by atoms with Gasteiger partial charge in [-0.25, -0.2) is 9.59 Å². The average molecular weight is 287 g/mol. The molecule has 0 aromatic rings. The van der Waals surface area contributed by atoms with E-state index in [9.17, 15) is 14.4 Å². The minimum absolute atomic E-state index is 0.0408. The van der Waals surface area contributed by atoms with E-state index in [1.807, 2.05) is 13.8 Å². The van der Waals surface area contributed by atoms with Crippen molar-refractivity contribution in [2.24, 2.45) is 5.73 Å². The second-order valence-electron chi connectivity index (χ2n) is 5.17. The van der Waals surface area contributed by atoms with Gasteiger partial charge in [0, 0.05) is 13.0 Å². The van der Waals surface area contributed by atoms with Gasteiger partial charge in [0.05, 0.1) is 11.6 Å². The largest absolute Gasteiger partial charge is 0.480 e. The van der Waals surface area contributed by atoms with Crippen molar-refractivity contribution >= 4 is 17.9 Å². The summed E-state index contributed by atoms with van der Waals surface area (Å²) in [4.78, 5) is 33.5. The first-order valence-corrected chi connectivity index (χ1v) is 6.46. The lowest BCUT2D eigenvalue weighted by Gasteiger charge is -2.29. The first-order valence-electron chi connectivity index (χ1n) is 6.46. The molecule has 3 atom stereocenters. The lowest BCUT2D eigenvalue weighted by molar-refractivity contribution is -0.139. The summed E-state index contributed by atoms with van der Waals surface area (Å²) in [6.45, 7) is 4.22. The van der Waals surface area contributed by atoms with Crippen LogP contribution in [-0.2, 0) is 14.3 Å². The first-order chi connectivity index (χ1) is 9.24. The molecule has 20 heavy (non-hydrogen) atoms. The third-order valence-corrected chi connectivity index (χ3v) is 3.57. The van der Waals surface area contributed by atoms with E-state index in [0.29, 0.717) is 13.0 Å². The molecule has 8 heteroatoms. The minimum Gasteiger partial charge on any atom is -0.480 e. The molecule has 0 bridgehead atoms. The standard InChI is InChI=1S/C12H21N3O5/c1-7-12(2,5-6-20-7)15-11(19)14-8(10(17)18)3-4-9(13)16/h7-8H,3-6H2,1-2H3,(H2,13,16)(H,17,18)(H2,14,15,19)/t7?,8-,12?/m1/s1. The topological polar surface area (TPSA) is 131 Å². The maximum atomic E-state index is 11.9. The number of carboxylic acid groups (broad SMARTS) is 1. The van der Waals surface area contributed by atoms with E-state index in [1.54, 1.807) is 0 Å². The molecule has 0 saturated carbocycles. The quantitative estimate of drug-likeness (QED) is 0.526. The van der Waals surface area contributed by atoms with Crippen molar-refractivity contribution in [3.63, 3.8) is 0 Å². The van der Waals surface area contributed by atoms with Crippen LogP contribution in [0.3, 0.4) is 0 Å². The summed E-state index contributed by atoms with van der Waals surface area (Å²) >= 11 is 0. The zero-order chi connectivity index (χ0) is 15.3. The number of carboxylic acids is 1. The molecule has 3 amide bonds. The lowest BCUT2D eigenvalue weighted by atomic mass is 9.95. The van der Waals surface area contributed by atoms with Gasteiger partial charge in [-0.2, -0.15) is 0 Å². The summed E-state index contributed by atoms with van der Waals surface area (Å²) in [5, 5.41) is 14.0. The van der Waals surface area contributed by atoms with Crippen LogP contribution in [0.2, 0.25) is 0 Å². The number of amides is 3. The van der Waals surface area contributed by atoms with Crippen LogP contribution in [0.1, 0.15) is 33.1 Å². The Hall–Kier alpha value is -1.83. The molecule has 1 rings (SSSR count). The number of urea groups is 1. The van der Waals surface area contributed by atoms with Gasteiger partial charge in [-0.3, -0.25) is 4.79 Å². The summed E-state index contributed by atoms with van der Waals surface area (Å²) in [6.07, 6.45) is 0.359. The van der Waals surface area contributed by atoms with Crippen LogP contribution in [0, 0.1) is 0 Å². The van der Waals surface area contributed by atoms with Gasteiger partial charge in [-0.1, -0.05) is 0 Å². The number of ether oxygens (including phenoxy) is 1. The molecular weight excluding hydrogens is 266 g/mol. The van der Waals surface area contributed by atoms with Crippen molar-refractivity contribution in [3.05, 3.63) is 0 Å². The number of hydrogen-bond donors (Lipinski definition) is 4. The second kappa shape index (κ2) is 6.56. The Bertz CT molecular complexity index is 401. The minimum atomic E-state index is -1.21. The molecule has 0 spiro atoms. The highest BCUT2D eigenvalue weighted by atomic mass is 16.5. The van der Waals surface area contributed by atoms with Crippen LogP contribution in [0.15, 0.2) is 0 Å². The zero-order valence-electron chi connectivity index (χ0n) is 11.6. The fourth-order valence-electron chi connectivity index (χ4n) is 2.00. The van der Waals surface area contributed by atoms with Crippen molar-refractivity contribution in [3.8, 4) is 0 Å². The monoisotopic (exact) mass is 287 g/mol. The fourth-order valence-corrected chi connectivity index (χ4v) is 2.00. The molecule has 114 valence electrons. The van der Waals surface area contributed by atoms with Crippen molar-refractivity contribution in [1.29, 1.82) is 0 Å². The smallest absolute Gasteiger partial charge is 0.326 e. The SMILES string of the molecule is CC1OCCC1(C)NC(=O)N[C@H](CCC(N)=O)C(=O)O. The molecule has 0 radical (unpaired) electrons. The maximum Gasteiger partial charge on any atom is 0.326 e. The van der Waals surface area contributed by atoms with E-state index >= 15 is 0 Å². The fraction of sp³-hybridized carbons (Fsp3) is 0.750. The molecular formula is C12H21N3O5. The number of aliphatic carboxylic acids is 1. The summed E-state index contributed by atoms with van der Waals surface area (Å²) in [6, 6.07) is -1.74. The number of carbonyl (C=O) groups is 3. The molecule has 1 fully saturated rings. The predicted octanol–water partition coefficient (Wildman–Crippen LogP) is -0.428. The summed E-state index contributed by atoms with van der Waals surface area (Å²) in [7, 11) is 0. The van der Waals surface area contributed by atoms with Crippen LogP contribution >= 0.6 is 0 Å². The summed E-state index contributed by atoms with van der Waals surface area (Å²) in [5.41, 5.74) is 4.44. The zero-order valence-corrected chi connectivity index (χ0v) is 11.6. The molecule has 0 aromatic carbocycles. The van der Waals surface area contributed by atoms with Crippen LogP contribution in [0.5, 0.6) is 0 Å². The Morgan fingerprint density at radius 3 is 2.60 bits per heavy atom. The van der Waals surface area contributed by atoms with E-state index in [-0.39, 0.29) is 18.9 Å². The van der Waals surface area contributed by atoms with Crippen molar-refractivity contribution in [2.45, 2.75) is 50.8 Å². The van der Waals surface area contributed by atoms with E-state index < -0.39 is 29.5 Å². The molecule has 5 N–H and O–H groups in total. The highest BCUT2D eigenvalue weighted by Crippen LogP contribution is 2.24. The molecule has 1 saturated heterocycles. The normalized spacial score (nSPS) is 26.8. The molecule has 0 aliphatic carbocycles. The van der Waals surface area contributed by atoms with Gasteiger partial charge >= 0.3 is 12.0 Å². The van der Waals surface area contributed by atoms with Gasteiger partial charge < -0.3 is 26.2 Å². The Labute approximate surface area is 117 Å². The molecule has 8 nitrogen and oxygen atoms in total. The highest BCUT2D eigenvalue weighted by molar-refractivity contribution is 5.83. The lowest BCUT2D eigenvalue weighted by Crippen LogP contribution is -2.56. The second-order valence-corrected chi connectivity index (χ2v) is 5.17. The number of hydrogen-bond acceptors (Lipinski definition) is 4. The van der Waals surface area contributed by atoms with Crippen molar-refractivity contribution < 1.29 is 24.2 Å². The van der Waals surface area contributed by atoms with Gasteiger partial charge in [-0.15, -0.1) is 0 Å². The molecule has 2 unspecified atom stereocenters. The van der Waals surface area contributed by atoms with Gasteiger partial charge in [0.15, 0.2) is 0 Å². The van der Waals surface area contributed by atoms with Gasteiger partial charge in [-0.05, 0) is 26.7 Å². The first kappa shape index (κ1) is 16.2. The predicted molar refractivity (Wildman–Crippen MR) is 70.0 cm³/mol. The average Bonchev–Trinajstić information content (AvgIpc) is 2.64. The van der Waals surface area contributed by atoms with E-state index in [2.05, 4.69) is 10.6 Å². The van der Waals surface area contributed by atoms with E-state index in [4.69, 9.17) is 15.6 Å². The third-order valence-electron chi connectivity index (χ3n) is 3.57. The van der Waals surface area contributed by atoms with Crippen LogP contribution in [-0.4, -0.2) is 47.3 Å². The molecule has 1 heterocycles. The Kier molecular flexibility index (Phi) is 5.32. The number of primary amides is 1. The number of carbonyl (C=O) groups excluding carboxylic acids is 2. The Morgan fingerprint density at radius 2 is 2.15 bits per heavy atom. The third kappa shape index (κ3) is 4.37. The maximum absolute atomic E-state index is 11.9. The summed E-state index contributed by atoms with van der Waals surface area (Å²) in [5.74, 6) is -1.81.